The highest BCUT2D eigenvalue weighted by molar-refractivity contribution is 5.96. The molecule has 0 aliphatic heterocycles. The summed E-state index contributed by atoms with van der Waals surface area (Å²) in [6, 6.07) is 13.3. The lowest BCUT2D eigenvalue weighted by Gasteiger charge is -2.15. The number of rotatable bonds is 5. The minimum absolute atomic E-state index is 0.166. The Morgan fingerprint density at radius 3 is 2.19 bits per heavy atom. The molecule has 0 spiro atoms. The lowest BCUT2D eigenvalue weighted by Crippen LogP contribution is -2.31. The van der Waals surface area contributed by atoms with Crippen molar-refractivity contribution in [2.24, 2.45) is 0 Å². The van der Waals surface area contributed by atoms with Gasteiger partial charge >= 0.3 is 0 Å². The van der Waals surface area contributed by atoms with E-state index < -0.39 is 0 Å². The number of carbonyl (C=O) groups excluding carboxylic acids is 1. The molecule has 1 amide bonds. The number of hydrogen-bond acceptors (Lipinski definition) is 2. The summed E-state index contributed by atoms with van der Waals surface area (Å²) in [6.45, 7) is 3.88. The Bertz CT molecular complexity index is 593. The van der Waals surface area contributed by atoms with Gasteiger partial charge in [-0.25, -0.2) is 4.39 Å². The van der Waals surface area contributed by atoms with Crippen molar-refractivity contribution < 1.29 is 9.18 Å². The molecule has 2 rings (SSSR count). The molecule has 4 heteroatoms. The van der Waals surface area contributed by atoms with Crippen LogP contribution >= 0.6 is 0 Å². The van der Waals surface area contributed by atoms with Crippen LogP contribution in [0.15, 0.2) is 48.5 Å². The van der Waals surface area contributed by atoms with Crippen LogP contribution in [0.3, 0.4) is 0 Å². The summed E-state index contributed by atoms with van der Waals surface area (Å²) in [4.78, 5) is 12.1. The van der Waals surface area contributed by atoms with Gasteiger partial charge in [0.2, 0.25) is 5.91 Å². The topological polar surface area (TPSA) is 41.1 Å². The highest BCUT2D eigenvalue weighted by atomic mass is 19.1. The minimum atomic E-state index is -0.387. The fourth-order valence-corrected chi connectivity index (χ4v) is 1.94. The van der Waals surface area contributed by atoms with Crippen molar-refractivity contribution in [3.8, 4) is 0 Å². The SMILES string of the molecule is CCc1ccc(NC(C)C(=O)Nc2ccc(F)cc2)cc1. The van der Waals surface area contributed by atoms with Crippen molar-refractivity contribution >= 4 is 17.3 Å². The van der Waals surface area contributed by atoms with Crippen LogP contribution in [0.25, 0.3) is 0 Å². The van der Waals surface area contributed by atoms with E-state index in [0.29, 0.717) is 5.69 Å². The Morgan fingerprint density at radius 2 is 1.62 bits per heavy atom. The maximum absolute atomic E-state index is 12.8. The van der Waals surface area contributed by atoms with Gasteiger partial charge in [-0.2, -0.15) is 0 Å². The Balaban J connectivity index is 1.93. The maximum Gasteiger partial charge on any atom is 0.246 e. The van der Waals surface area contributed by atoms with Gasteiger partial charge in [0.05, 0.1) is 0 Å². The Labute approximate surface area is 124 Å². The summed E-state index contributed by atoms with van der Waals surface area (Å²) < 4.78 is 12.8. The van der Waals surface area contributed by atoms with Gasteiger partial charge in [0.15, 0.2) is 0 Å². The molecule has 2 aromatic rings. The first kappa shape index (κ1) is 15.0. The molecule has 2 N–H and O–H groups in total. The predicted molar refractivity (Wildman–Crippen MR) is 83.9 cm³/mol. The van der Waals surface area contributed by atoms with Gasteiger partial charge in [-0.15, -0.1) is 0 Å². The molecule has 110 valence electrons. The molecule has 2 aromatic carbocycles. The van der Waals surface area contributed by atoms with Crippen molar-refractivity contribution in [2.75, 3.05) is 10.6 Å². The lowest BCUT2D eigenvalue weighted by atomic mass is 10.1. The zero-order chi connectivity index (χ0) is 15.2. The number of nitrogens with one attached hydrogen (secondary N) is 2. The van der Waals surface area contributed by atoms with Crippen LogP contribution in [0.4, 0.5) is 15.8 Å². The van der Waals surface area contributed by atoms with Crippen molar-refractivity contribution in [1.82, 2.24) is 0 Å². The van der Waals surface area contributed by atoms with Crippen LogP contribution in [0.5, 0.6) is 0 Å². The third kappa shape index (κ3) is 4.31. The number of anilines is 2. The monoisotopic (exact) mass is 286 g/mol. The molecule has 0 fully saturated rings. The fourth-order valence-electron chi connectivity index (χ4n) is 1.94. The molecule has 3 nitrogen and oxygen atoms in total. The number of hydrogen-bond donors (Lipinski definition) is 2. The van der Waals surface area contributed by atoms with E-state index in [1.54, 1.807) is 6.92 Å². The van der Waals surface area contributed by atoms with Crippen LogP contribution in [-0.4, -0.2) is 11.9 Å². The molecule has 0 saturated carbocycles. The smallest absolute Gasteiger partial charge is 0.246 e. The third-order valence-electron chi connectivity index (χ3n) is 3.25. The minimum Gasteiger partial charge on any atom is -0.374 e. The van der Waals surface area contributed by atoms with Crippen LogP contribution < -0.4 is 10.6 Å². The molecule has 0 heterocycles. The van der Waals surface area contributed by atoms with Crippen molar-refractivity contribution in [1.29, 1.82) is 0 Å². The van der Waals surface area contributed by atoms with E-state index >= 15 is 0 Å². The van der Waals surface area contributed by atoms with Crippen molar-refractivity contribution in [3.05, 3.63) is 59.9 Å². The van der Waals surface area contributed by atoms with Crippen LogP contribution in [0.2, 0.25) is 0 Å². The molecule has 0 aliphatic rings. The van der Waals surface area contributed by atoms with Gasteiger partial charge in [-0.1, -0.05) is 19.1 Å². The standard InChI is InChI=1S/C17H19FN2O/c1-3-13-4-8-15(9-5-13)19-12(2)17(21)20-16-10-6-14(18)7-11-16/h4-12,19H,3H2,1-2H3,(H,20,21). The lowest BCUT2D eigenvalue weighted by molar-refractivity contribution is -0.116. The summed E-state index contributed by atoms with van der Waals surface area (Å²) in [5.74, 6) is -0.489. The highest BCUT2D eigenvalue weighted by Crippen LogP contribution is 2.13. The number of amides is 1. The largest absolute Gasteiger partial charge is 0.374 e. The number of halogens is 1. The second-order valence-corrected chi connectivity index (χ2v) is 4.91. The van der Waals surface area contributed by atoms with Crippen LogP contribution in [-0.2, 0) is 11.2 Å². The first-order valence-electron chi connectivity index (χ1n) is 7.00. The van der Waals surface area contributed by atoms with Crippen molar-refractivity contribution in [3.63, 3.8) is 0 Å². The van der Waals surface area contributed by atoms with Crippen molar-refractivity contribution in [2.45, 2.75) is 26.3 Å². The quantitative estimate of drug-likeness (QED) is 0.877. The van der Waals surface area contributed by atoms with E-state index in [-0.39, 0.29) is 17.8 Å². The number of benzene rings is 2. The second kappa shape index (κ2) is 6.88. The molecule has 0 aromatic heterocycles. The molecule has 0 saturated heterocycles. The molecule has 0 bridgehead atoms. The Kier molecular flexibility index (Phi) is 4.93. The summed E-state index contributed by atoms with van der Waals surface area (Å²) >= 11 is 0. The van der Waals surface area contributed by atoms with Gasteiger partial charge in [-0.3, -0.25) is 4.79 Å². The zero-order valence-corrected chi connectivity index (χ0v) is 12.2. The predicted octanol–water partition coefficient (Wildman–Crippen LogP) is 3.83. The van der Waals surface area contributed by atoms with E-state index in [9.17, 15) is 9.18 Å². The van der Waals surface area contributed by atoms with Crippen LogP contribution in [0.1, 0.15) is 19.4 Å². The normalized spacial score (nSPS) is 11.8. The summed E-state index contributed by atoms with van der Waals surface area (Å²) in [5.41, 5.74) is 2.73. The van der Waals surface area contributed by atoms with E-state index in [1.165, 1.54) is 29.8 Å². The van der Waals surface area contributed by atoms with E-state index in [2.05, 4.69) is 17.6 Å². The van der Waals surface area contributed by atoms with Gasteiger partial charge in [0.25, 0.3) is 0 Å². The first-order chi connectivity index (χ1) is 10.1. The number of aryl methyl sites for hydroxylation is 1. The Morgan fingerprint density at radius 1 is 1.05 bits per heavy atom. The van der Waals surface area contributed by atoms with Crippen LogP contribution in [0, 0.1) is 5.82 Å². The maximum atomic E-state index is 12.8. The molecule has 0 aliphatic carbocycles. The van der Waals surface area contributed by atoms with Gasteiger partial charge in [-0.05, 0) is 55.3 Å². The van der Waals surface area contributed by atoms with Gasteiger partial charge in [0.1, 0.15) is 11.9 Å². The van der Waals surface area contributed by atoms with E-state index in [1.807, 2.05) is 24.3 Å². The molecule has 21 heavy (non-hydrogen) atoms. The first-order valence-corrected chi connectivity index (χ1v) is 7.00. The van der Waals surface area contributed by atoms with E-state index in [4.69, 9.17) is 0 Å². The average molecular weight is 286 g/mol. The molecule has 0 radical (unpaired) electrons. The van der Waals surface area contributed by atoms with Gasteiger partial charge in [0, 0.05) is 11.4 Å². The molecular weight excluding hydrogens is 267 g/mol. The van der Waals surface area contributed by atoms with E-state index in [0.717, 1.165) is 12.1 Å². The summed E-state index contributed by atoms with van der Waals surface area (Å²) in [5, 5.41) is 5.88. The third-order valence-corrected chi connectivity index (χ3v) is 3.25. The second-order valence-electron chi connectivity index (χ2n) is 4.91. The highest BCUT2D eigenvalue weighted by Gasteiger charge is 2.12. The van der Waals surface area contributed by atoms with Gasteiger partial charge < -0.3 is 10.6 Å². The fraction of sp³-hybridized carbons (Fsp3) is 0.235. The zero-order valence-electron chi connectivity index (χ0n) is 12.2. The average Bonchev–Trinajstić information content (AvgIpc) is 2.50. The summed E-state index contributed by atoms with van der Waals surface area (Å²) in [6.07, 6.45) is 0.987. The molecular formula is C17H19FN2O. The number of carbonyl (C=O) groups is 1. The Hall–Kier alpha value is -2.36. The molecule has 1 unspecified atom stereocenters. The summed E-state index contributed by atoms with van der Waals surface area (Å²) in [7, 11) is 0. The molecule has 1 atom stereocenters.